The second kappa shape index (κ2) is 9.44. The number of thiophene rings is 1. The van der Waals surface area contributed by atoms with Gasteiger partial charge in [0.05, 0.1) is 26.2 Å². The van der Waals surface area contributed by atoms with Crippen molar-refractivity contribution in [3.05, 3.63) is 81.5 Å². The number of amides is 2. The molecule has 0 radical (unpaired) electrons. The highest BCUT2D eigenvalue weighted by Crippen LogP contribution is 2.43. The predicted octanol–water partition coefficient (Wildman–Crippen LogP) is 4.03. The van der Waals surface area contributed by atoms with Crippen molar-refractivity contribution in [3.63, 3.8) is 0 Å². The minimum atomic E-state index is -0.474. The molecular weight excluding hydrogens is 424 g/mol. The zero-order chi connectivity index (χ0) is 22.7. The lowest BCUT2D eigenvalue weighted by Gasteiger charge is -2.39. The molecule has 0 fully saturated rings. The van der Waals surface area contributed by atoms with Crippen LogP contribution in [0, 0.1) is 0 Å². The number of fused-ring (bicyclic) bond motifs is 1. The Balaban J connectivity index is 1.55. The Morgan fingerprint density at radius 3 is 2.56 bits per heavy atom. The Morgan fingerprint density at radius 2 is 1.84 bits per heavy atom. The first kappa shape index (κ1) is 21.9. The number of ether oxygens (including phenoxy) is 2. The number of methoxy groups -OCH3 is 2. The summed E-state index contributed by atoms with van der Waals surface area (Å²) in [6.45, 7) is 0.474. The largest absolute Gasteiger partial charge is 0.493 e. The topological polar surface area (TPSA) is 67.9 Å². The summed E-state index contributed by atoms with van der Waals surface area (Å²) in [6.07, 6.45) is 0.652. The summed E-state index contributed by atoms with van der Waals surface area (Å²) in [4.78, 5) is 29.1. The third kappa shape index (κ3) is 4.08. The Labute approximate surface area is 191 Å². The summed E-state index contributed by atoms with van der Waals surface area (Å²) < 4.78 is 10.7. The Bertz CT molecular complexity index is 1110. The average molecular weight is 451 g/mol. The zero-order valence-electron chi connectivity index (χ0n) is 18.3. The minimum absolute atomic E-state index is 0.0617. The predicted molar refractivity (Wildman–Crippen MR) is 125 cm³/mol. The summed E-state index contributed by atoms with van der Waals surface area (Å²) in [7, 11) is 4.98. The van der Waals surface area contributed by atoms with Crippen LogP contribution in [-0.2, 0) is 11.2 Å². The lowest BCUT2D eigenvalue weighted by Crippen LogP contribution is -2.45. The van der Waals surface area contributed by atoms with Gasteiger partial charge in [0.25, 0.3) is 5.91 Å². The molecule has 2 atom stereocenters. The van der Waals surface area contributed by atoms with Gasteiger partial charge in [-0.05, 0) is 47.2 Å². The summed E-state index contributed by atoms with van der Waals surface area (Å²) in [5, 5.41) is 5.06. The lowest BCUT2D eigenvalue weighted by atomic mass is 9.81. The first-order valence-electron chi connectivity index (χ1n) is 10.4. The highest BCUT2D eigenvalue weighted by atomic mass is 32.1. The van der Waals surface area contributed by atoms with Crippen LogP contribution in [0.1, 0.15) is 38.3 Å². The maximum Gasteiger partial charge on any atom is 0.254 e. The fraction of sp³-hybridized carbons (Fsp3) is 0.280. The molecule has 1 N–H and O–H groups in total. The molecule has 0 saturated heterocycles. The Kier molecular flexibility index (Phi) is 6.46. The molecule has 1 aliphatic rings. The number of carbonyl (C=O) groups excluding carboxylic acids is 2. The van der Waals surface area contributed by atoms with E-state index in [-0.39, 0.29) is 17.9 Å². The van der Waals surface area contributed by atoms with E-state index in [0.717, 1.165) is 16.0 Å². The number of rotatable bonds is 7. The van der Waals surface area contributed by atoms with E-state index in [4.69, 9.17) is 9.47 Å². The van der Waals surface area contributed by atoms with Gasteiger partial charge in [-0.3, -0.25) is 9.59 Å². The van der Waals surface area contributed by atoms with Crippen molar-refractivity contribution >= 4 is 23.2 Å². The molecule has 1 aliphatic heterocycles. The number of hydrogen-bond acceptors (Lipinski definition) is 5. The maximum atomic E-state index is 13.4. The third-order valence-corrected chi connectivity index (χ3v) is 6.80. The number of nitrogens with zero attached hydrogens (tertiary/aromatic N) is 1. The Hall–Kier alpha value is -3.32. The first-order chi connectivity index (χ1) is 15.5. The van der Waals surface area contributed by atoms with Crippen molar-refractivity contribution in [3.8, 4) is 11.5 Å². The minimum Gasteiger partial charge on any atom is -0.493 e. The molecular formula is C25H26N2O4S. The van der Waals surface area contributed by atoms with Gasteiger partial charge < -0.3 is 19.7 Å². The molecule has 0 aliphatic carbocycles. The molecule has 0 saturated carbocycles. The highest BCUT2D eigenvalue weighted by Gasteiger charge is 2.42. The van der Waals surface area contributed by atoms with Gasteiger partial charge in [-0.1, -0.05) is 30.3 Å². The van der Waals surface area contributed by atoms with Crippen molar-refractivity contribution in [2.24, 2.45) is 0 Å². The third-order valence-electron chi connectivity index (χ3n) is 5.86. The molecule has 0 unspecified atom stereocenters. The summed E-state index contributed by atoms with van der Waals surface area (Å²) >= 11 is 1.56. The number of carbonyl (C=O) groups is 2. The van der Waals surface area contributed by atoms with Crippen molar-refractivity contribution in [2.45, 2.75) is 18.4 Å². The monoisotopic (exact) mass is 450 g/mol. The second-order valence-corrected chi connectivity index (χ2v) is 8.65. The second-order valence-electron chi connectivity index (χ2n) is 7.67. The van der Waals surface area contributed by atoms with Gasteiger partial charge >= 0.3 is 0 Å². The fourth-order valence-corrected chi connectivity index (χ4v) is 5.15. The quantitative estimate of drug-likeness (QED) is 0.590. The van der Waals surface area contributed by atoms with Gasteiger partial charge in [-0.15, -0.1) is 11.3 Å². The summed E-state index contributed by atoms with van der Waals surface area (Å²) in [5.41, 5.74) is 2.40. The molecule has 3 aromatic rings. The van der Waals surface area contributed by atoms with Crippen LogP contribution in [0.3, 0.4) is 0 Å². The van der Waals surface area contributed by atoms with Gasteiger partial charge in [0.15, 0.2) is 11.5 Å². The fourth-order valence-electron chi connectivity index (χ4n) is 4.25. The van der Waals surface area contributed by atoms with Crippen molar-refractivity contribution in [2.75, 3.05) is 27.8 Å². The van der Waals surface area contributed by atoms with Crippen LogP contribution in [0.5, 0.6) is 11.5 Å². The van der Waals surface area contributed by atoms with Crippen LogP contribution in [0.4, 0.5) is 0 Å². The average Bonchev–Trinajstić information content (AvgIpc) is 3.35. The normalized spacial score (nSPS) is 17.6. The van der Waals surface area contributed by atoms with Gasteiger partial charge in [-0.25, -0.2) is 0 Å². The van der Waals surface area contributed by atoms with E-state index in [2.05, 4.69) is 5.32 Å². The molecule has 32 heavy (non-hydrogen) atoms. The van der Waals surface area contributed by atoms with Crippen LogP contribution < -0.4 is 14.8 Å². The molecule has 2 heterocycles. The molecule has 2 amide bonds. The molecule has 1 aromatic heterocycles. The van der Waals surface area contributed by atoms with Crippen molar-refractivity contribution in [1.29, 1.82) is 0 Å². The first-order valence-corrected chi connectivity index (χ1v) is 11.3. The van der Waals surface area contributed by atoms with Crippen LogP contribution >= 0.6 is 11.3 Å². The van der Waals surface area contributed by atoms with E-state index < -0.39 is 5.92 Å². The van der Waals surface area contributed by atoms with E-state index in [1.807, 2.05) is 53.9 Å². The zero-order valence-corrected chi connectivity index (χ0v) is 19.1. The van der Waals surface area contributed by atoms with Gasteiger partial charge in [0.1, 0.15) is 0 Å². The maximum absolute atomic E-state index is 13.4. The number of hydrogen-bond donors (Lipinski definition) is 1. The van der Waals surface area contributed by atoms with Gasteiger partial charge in [0, 0.05) is 24.0 Å². The molecule has 0 spiro atoms. The van der Waals surface area contributed by atoms with E-state index in [9.17, 15) is 9.59 Å². The van der Waals surface area contributed by atoms with Gasteiger partial charge in [0.2, 0.25) is 5.91 Å². The van der Waals surface area contributed by atoms with Gasteiger partial charge in [-0.2, -0.15) is 0 Å². The van der Waals surface area contributed by atoms with Crippen molar-refractivity contribution in [1.82, 2.24) is 10.2 Å². The van der Waals surface area contributed by atoms with Crippen LogP contribution in [0.15, 0.2) is 60.0 Å². The van der Waals surface area contributed by atoms with E-state index in [1.165, 1.54) is 0 Å². The number of nitrogens with one attached hydrogen (secondary N) is 1. The van der Waals surface area contributed by atoms with Crippen molar-refractivity contribution < 1.29 is 19.1 Å². The highest BCUT2D eigenvalue weighted by molar-refractivity contribution is 7.10. The summed E-state index contributed by atoms with van der Waals surface area (Å²) in [5.74, 6) is 0.711. The van der Waals surface area contributed by atoms with E-state index in [0.29, 0.717) is 30.0 Å². The van der Waals surface area contributed by atoms with Crippen LogP contribution in [0.25, 0.3) is 0 Å². The van der Waals surface area contributed by atoms with E-state index >= 15 is 0 Å². The smallest absolute Gasteiger partial charge is 0.254 e. The Morgan fingerprint density at radius 1 is 1.06 bits per heavy atom. The molecule has 166 valence electrons. The molecule has 0 bridgehead atoms. The van der Waals surface area contributed by atoms with Crippen LogP contribution in [0.2, 0.25) is 0 Å². The molecule has 4 rings (SSSR count). The summed E-state index contributed by atoms with van der Waals surface area (Å²) in [6, 6.07) is 16.7. The molecule has 7 heteroatoms. The molecule has 2 aromatic carbocycles. The van der Waals surface area contributed by atoms with Crippen LogP contribution in [-0.4, -0.2) is 44.5 Å². The standard InChI is InChI=1S/C25H26N2O4S/c1-27-23(21-9-6-14-32-21)22(17-7-4-5-8-18(17)25(27)29)24(28)26-13-12-16-10-11-19(30-2)20(15-16)31-3/h4-11,14-15,22-23H,12-13H2,1-3H3,(H,26,28)/t22-,23+/m0/s1. The number of benzene rings is 2. The molecule has 6 nitrogen and oxygen atoms in total. The number of likely N-dealkylation sites (N-methyl/N-ethyl adjacent to an activating group) is 1. The lowest BCUT2D eigenvalue weighted by molar-refractivity contribution is -0.124. The SMILES string of the molecule is COc1ccc(CCNC(=O)[C@H]2c3ccccc3C(=O)N(C)[C@@H]2c2cccs2)cc1OC. The van der Waals surface area contributed by atoms with E-state index in [1.54, 1.807) is 43.6 Å².